The number of aliphatic hydroxyl groups is 1. The third kappa shape index (κ3) is 6.12. The number of carbonyl (C=O) groups is 2. The first-order chi connectivity index (χ1) is 12.9. The van der Waals surface area contributed by atoms with Gasteiger partial charge in [-0.2, -0.15) is 0 Å². The molecule has 2 aromatic carbocycles. The smallest absolute Gasteiger partial charge is 0.331 e. The monoisotopic (exact) mass is 389 g/mol. The Morgan fingerprint density at radius 3 is 2.33 bits per heavy atom. The Morgan fingerprint density at radius 2 is 1.74 bits per heavy atom. The molecule has 0 aliphatic heterocycles. The number of nitrogens with zero attached hydrogens (tertiary/aromatic N) is 1. The van der Waals surface area contributed by atoms with Gasteiger partial charge in [0.25, 0.3) is 0 Å². The molecule has 0 radical (unpaired) electrons. The minimum absolute atomic E-state index is 0.0422. The number of phenols is 1. The summed E-state index contributed by atoms with van der Waals surface area (Å²) in [7, 11) is 0. The highest BCUT2D eigenvalue weighted by Gasteiger charge is 2.16. The van der Waals surface area contributed by atoms with Gasteiger partial charge in [0.2, 0.25) is 5.78 Å². The summed E-state index contributed by atoms with van der Waals surface area (Å²) >= 11 is 1.40. The predicted molar refractivity (Wildman–Crippen MR) is 100 cm³/mol. The molecule has 0 saturated heterocycles. The van der Waals surface area contributed by atoms with Crippen molar-refractivity contribution in [3.8, 4) is 11.5 Å². The highest BCUT2D eigenvalue weighted by Crippen LogP contribution is 2.32. The molecular formula is C19H19NO6S. The van der Waals surface area contributed by atoms with Gasteiger partial charge in [-0.05, 0) is 49.4 Å². The Balaban J connectivity index is 2.08. The Kier molecular flexibility index (Phi) is 7.39. The number of hydrogen-bond acceptors (Lipinski definition) is 8. The Hall–Kier alpha value is -2.84. The van der Waals surface area contributed by atoms with Gasteiger partial charge in [0.05, 0.1) is 12.2 Å². The van der Waals surface area contributed by atoms with Crippen molar-refractivity contribution in [3.63, 3.8) is 0 Å². The number of Topliss-reactive ketones (excluding diaryl/α,β-unsaturated/α-hetero) is 1. The van der Waals surface area contributed by atoms with Gasteiger partial charge in [-0.3, -0.25) is 4.79 Å². The van der Waals surface area contributed by atoms with E-state index in [0.717, 1.165) is 9.79 Å². The summed E-state index contributed by atoms with van der Waals surface area (Å²) in [5.41, 5.74) is 0.0277. The topological polar surface area (TPSA) is 105 Å². The SMILES string of the molecule is CC(=O)ON=C(C)C(=O)c1ccc(Sc2ccc(OCCO)cc2)cc1O. The first-order valence-corrected chi connectivity index (χ1v) is 8.84. The third-order valence-electron chi connectivity index (χ3n) is 3.27. The average Bonchev–Trinajstić information content (AvgIpc) is 2.65. The highest BCUT2D eigenvalue weighted by molar-refractivity contribution is 7.99. The summed E-state index contributed by atoms with van der Waals surface area (Å²) in [4.78, 5) is 29.1. The molecule has 0 saturated carbocycles. The van der Waals surface area contributed by atoms with Crippen molar-refractivity contribution in [3.05, 3.63) is 48.0 Å². The molecule has 0 bridgehead atoms. The van der Waals surface area contributed by atoms with E-state index in [2.05, 4.69) is 9.99 Å². The lowest BCUT2D eigenvalue weighted by atomic mass is 10.1. The number of benzene rings is 2. The van der Waals surface area contributed by atoms with Crippen LogP contribution in [0.1, 0.15) is 24.2 Å². The summed E-state index contributed by atoms with van der Waals surface area (Å²) in [6.07, 6.45) is 0. The molecule has 0 aromatic heterocycles. The van der Waals surface area contributed by atoms with Crippen LogP contribution in [0.5, 0.6) is 11.5 Å². The van der Waals surface area contributed by atoms with Crippen molar-refractivity contribution < 1.29 is 29.4 Å². The molecule has 0 aliphatic rings. The maximum absolute atomic E-state index is 12.3. The molecule has 0 unspecified atom stereocenters. The van der Waals surface area contributed by atoms with Crippen LogP contribution >= 0.6 is 11.8 Å². The van der Waals surface area contributed by atoms with Gasteiger partial charge in [-0.1, -0.05) is 16.9 Å². The zero-order chi connectivity index (χ0) is 19.8. The lowest BCUT2D eigenvalue weighted by Crippen LogP contribution is -2.12. The molecule has 0 atom stereocenters. The lowest BCUT2D eigenvalue weighted by molar-refractivity contribution is -0.140. The van der Waals surface area contributed by atoms with Crippen LogP contribution in [0.15, 0.2) is 57.4 Å². The van der Waals surface area contributed by atoms with Crippen molar-refractivity contribution in [1.29, 1.82) is 0 Å². The van der Waals surface area contributed by atoms with Crippen LogP contribution in [0.25, 0.3) is 0 Å². The van der Waals surface area contributed by atoms with Crippen molar-refractivity contribution in [2.24, 2.45) is 5.16 Å². The molecule has 142 valence electrons. The van der Waals surface area contributed by atoms with Crippen molar-refractivity contribution in [2.75, 3.05) is 13.2 Å². The van der Waals surface area contributed by atoms with Gasteiger partial charge in [-0.25, -0.2) is 4.79 Å². The van der Waals surface area contributed by atoms with Gasteiger partial charge in [0, 0.05) is 16.7 Å². The van der Waals surface area contributed by atoms with Crippen LogP contribution in [-0.4, -0.2) is 40.9 Å². The fourth-order valence-corrected chi connectivity index (χ4v) is 2.89. The number of ether oxygens (including phenoxy) is 1. The molecule has 0 heterocycles. The number of carbonyl (C=O) groups excluding carboxylic acids is 2. The maximum atomic E-state index is 12.3. The molecule has 2 aromatic rings. The second-order valence-electron chi connectivity index (χ2n) is 5.41. The molecule has 0 spiro atoms. The number of oxime groups is 1. The molecule has 0 aliphatic carbocycles. The summed E-state index contributed by atoms with van der Waals surface area (Å²) in [5, 5.41) is 22.3. The third-order valence-corrected chi connectivity index (χ3v) is 4.27. The van der Waals surface area contributed by atoms with Gasteiger partial charge in [0.15, 0.2) is 0 Å². The molecule has 0 fully saturated rings. The fourth-order valence-electron chi connectivity index (χ4n) is 2.04. The van der Waals surface area contributed by atoms with Crippen LogP contribution in [0.3, 0.4) is 0 Å². The van der Waals surface area contributed by atoms with Crippen molar-refractivity contribution in [2.45, 2.75) is 23.6 Å². The minimum Gasteiger partial charge on any atom is -0.507 e. The number of aromatic hydroxyl groups is 1. The quantitative estimate of drug-likeness (QED) is 0.309. The minimum atomic E-state index is -0.633. The maximum Gasteiger partial charge on any atom is 0.331 e. The Labute approximate surface area is 160 Å². The van der Waals surface area contributed by atoms with E-state index in [1.807, 2.05) is 12.1 Å². The van der Waals surface area contributed by atoms with E-state index >= 15 is 0 Å². The first kappa shape index (κ1) is 20.5. The van der Waals surface area contributed by atoms with Crippen LogP contribution in [0.2, 0.25) is 0 Å². The summed E-state index contributed by atoms with van der Waals surface area (Å²) in [6.45, 7) is 2.76. The fraction of sp³-hybridized carbons (Fsp3) is 0.211. The number of phenolic OH excluding ortho intramolecular Hbond substituents is 1. The molecule has 0 amide bonds. The lowest BCUT2D eigenvalue weighted by Gasteiger charge is -2.08. The van der Waals surface area contributed by atoms with E-state index in [1.165, 1.54) is 37.7 Å². The second-order valence-corrected chi connectivity index (χ2v) is 6.56. The van der Waals surface area contributed by atoms with Gasteiger partial charge < -0.3 is 19.8 Å². The Morgan fingerprint density at radius 1 is 1.07 bits per heavy atom. The number of ketones is 1. The zero-order valence-electron chi connectivity index (χ0n) is 14.8. The second kappa shape index (κ2) is 9.75. The molecule has 2 N–H and O–H groups in total. The number of aliphatic hydroxyl groups excluding tert-OH is 1. The standard InChI is InChI=1S/C19H19NO6S/c1-12(20-26-13(2)22)19(24)17-8-7-16(11-18(17)23)27-15-5-3-14(4-6-15)25-10-9-21/h3-8,11,21,23H,9-10H2,1-2H3. The van der Waals surface area contributed by atoms with Gasteiger partial charge in [0.1, 0.15) is 23.8 Å². The van der Waals surface area contributed by atoms with E-state index in [4.69, 9.17) is 9.84 Å². The van der Waals surface area contributed by atoms with E-state index in [9.17, 15) is 14.7 Å². The molecule has 7 nitrogen and oxygen atoms in total. The number of rotatable bonds is 8. The van der Waals surface area contributed by atoms with E-state index in [1.54, 1.807) is 18.2 Å². The number of hydrogen-bond donors (Lipinski definition) is 2. The van der Waals surface area contributed by atoms with Crippen molar-refractivity contribution >= 4 is 29.2 Å². The van der Waals surface area contributed by atoms with E-state index in [0.29, 0.717) is 5.75 Å². The Bertz CT molecular complexity index is 848. The van der Waals surface area contributed by atoms with Crippen molar-refractivity contribution in [1.82, 2.24) is 0 Å². The molecular weight excluding hydrogens is 370 g/mol. The van der Waals surface area contributed by atoms with Crippen LogP contribution in [0, 0.1) is 0 Å². The van der Waals surface area contributed by atoms with Gasteiger partial charge >= 0.3 is 5.97 Å². The summed E-state index contributed by atoms with van der Waals surface area (Å²) in [5.74, 6) is -0.702. The molecule has 8 heteroatoms. The van der Waals surface area contributed by atoms with Crippen LogP contribution in [-0.2, 0) is 9.63 Å². The van der Waals surface area contributed by atoms with Crippen LogP contribution in [0.4, 0.5) is 0 Å². The highest BCUT2D eigenvalue weighted by atomic mass is 32.2. The average molecular weight is 389 g/mol. The molecule has 27 heavy (non-hydrogen) atoms. The first-order valence-electron chi connectivity index (χ1n) is 8.02. The van der Waals surface area contributed by atoms with E-state index < -0.39 is 11.8 Å². The largest absolute Gasteiger partial charge is 0.507 e. The normalized spacial score (nSPS) is 11.1. The van der Waals surface area contributed by atoms with Gasteiger partial charge in [-0.15, -0.1) is 0 Å². The van der Waals surface area contributed by atoms with E-state index in [-0.39, 0.29) is 30.2 Å². The predicted octanol–water partition coefficient (Wildman–Crippen LogP) is 3.04. The van der Waals surface area contributed by atoms with Crippen LogP contribution < -0.4 is 4.74 Å². The summed E-state index contributed by atoms with van der Waals surface area (Å²) < 4.78 is 5.30. The summed E-state index contributed by atoms with van der Waals surface area (Å²) in [6, 6.07) is 11.9. The zero-order valence-corrected chi connectivity index (χ0v) is 15.7. The molecule has 2 rings (SSSR count).